The second-order valence-electron chi connectivity index (χ2n) is 5.18. The average molecular weight is 256 g/mol. The highest BCUT2D eigenvalue weighted by Gasteiger charge is 2.24. The summed E-state index contributed by atoms with van der Waals surface area (Å²) in [4.78, 5) is 11.8. The number of carbonyl (C=O) groups excluding carboxylic acids is 1. The molecule has 1 fully saturated rings. The highest BCUT2D eigenvalue weighted by Crippen LogP contribution is 2.18. The molecule has 18 heavy (non-hydrogen) atoms. The molecule has 0 saturated carbocycles. The van der Waals surface area contributed by atoms with E-state index in [2.05, 4.69) is 24.5 Å². The number of nitrogens with one attached hydrogen (secondary N) is 2. The van der Waals surface area contributed by atoms with Crippen LogP contribution in [0, 0.1) is 0 Å². The van der Waals surface area contributed by atoms with Crippen molar-refractivity contribution in [2.75, 3.05) is 13.2 Å². The van der Waals surface area contributed by atoms with E-state index in [0.717, 1.165) is 45.3 Å². The predicted molar refractivity (Wildman–Crippen MR) is 73.6 cm³/mol. The van der Waals surface area contributed by atoms with Crippen molar-refractivity contribution in [1.82, 2.24) is 10.6 Å². The van der Waals surface area contributed by atoms with Gasteiger partial charge in [0.25, 0.3) is 0 Å². The van der Waals surface area contributed by atoms with Crippen LogP contribution in [0.25, 0.3) is 0 Å². The maximum Gasteiger partial charge on any atom is 0.236 e. The van der Waals surface area contributed by atoms with Crippen LogP contribution in [0.5, 0.6) is 0 Å². The second-order valence-corrected chi connectivity index (χ2v) is 5.18. The van der Waals surface area contributed by atoms with E-state index in [4.69, 9.17) is 4.74 Å². The van der Waals surface area contributed by atoms with Crippen LogP contribution in [0.1, 0.15) is 52.9 Å². The summed E-state index contributed by atoms with van der Waals surface area (Å²) in [5.41, 5.74) is 0. The van der Waals surface area contributed by atoms with E-state index in [-0.39, 0.29) is 11.9 Å². The molecule has 0 radical (unpaired) electrons. The molecule has 0 aliphatic carbocycles. The van der Waals surface area contributed by atoms with E-state index < -0.39 is 0 Å². The van der Waals surface area contributed by atoms with E-state index in [1.165, 1.54) is 0 Å². The SMILES string of the molecule is CCCNC(=O)C(C)NC1CCOC(CCC)C1. The third-order valence-electron chi connectivity index (χ3n) is 3.41. The minimum atomic E-state index is -0.109. The van der Waals surface area contributed by atoms with Gasteiger partial charge in [0.1, 0.15) is 0 Å². The van der Waals surface area contributed by atoms with Gasteiger partial charge in [-0.25, -0.2) is 0 Å². The first-order valence-corrected chi connectivity index (χ1v) is 7.32. The van der Waals surface area contributed by atoms with Gasteiger partial charge in [-0.3, -0.25) is 4.79 Å². The Hall–Kier alpha value is -0.610. The smallest absolute Gasteiger partial charge is 0.236 e. The van der Waals surface area contributed by atoms with Crippen LogP contribution in [0.2, 0.25) is 0 Å². The second kappa shape index (κ2) is 8.48. The van der Waals surface area contributed by atoms with Crippen LogP contribution in [0.4, 0.5) is 0 Å². The molecule has 4 nitrogen and oxygen atoms in total. The van der Waals surface area contributed by atoms with Gasteiger partial charge in [-0.1, -0.05) is 20.3 Å². The largest absolute Gasteiger partial charge is 0.378 e. The molecule has 1 heterocycles. The van der Waals surface area contributed by atoms with Crippen LogP contribution in [0.3, 0.4) is 0 Å². The van der Waals surface area contributed by atoms with Crippen molar-refractivity contribution in [2.45, 2.75) is 71.1 Å². The normalized spacial score (nSPS) is 25.7. The molecular formula is C14H28N2O2. The summed E-state index contributed by atoms with van der Waals surface area (Å²) >= 11 is 0. The van der Waals surface area contributed by atoms with Crippen LogP contribution >= 0.6 is 0 Å². The van der Waals surface area contributed by atoms with E-state index in [9.17, 15) is 4.79 Å². The first-order chi connectivity index (χ1) is 8.67. The lowest BCUT2D eigenvalue weighted by molar-refractivity contribution is -0.123. The zero-order valence-corrected chi connectivity index (χ0v) is 12.0. The standard InChI is InChI=1S/C14H28N2O2/c1-4-6-13-10-12(7-9-18-13)16-11(3)14(17)15-8-5-2/h11-13,16H,4-10H2,1-3H3,(H,15,17). The molecule has 0 aromatic heterocycles. The number of amides is 1. The van der Waals surface area contributed by atoms with Gasteiger partial charge in [0, 0.05) is 19.2 Å². The molecule has 1 saturated heterocycles. The molecule has 106 valence electrons. The van der Waals surface area contributed by atoms with Crippen LogP contribution in [-0.4, -0.2) is 37.2 Å². The van der Waals surface area contributed by atoms with Gasteiger partial charge >= 0.3 is 0 Å². The van der Waals surface area contributed by atoms with Crippen LogP contribution in [0.15, 0.2) is 0 Å². The highest BCUT2D eigenvalue weighted by atomic mass is 16.5. The van der Waals surface area contributed by atoms with Crippen molar-refractivity contribution in [2.24, 2.45) is 0 Å². The lowest BCUT2D eigenvalue weighted by Gasteiger charge is -2.31. The van der Waals surface area contributed by atoms with Crippen molar-refractivity contribution in [1.29, 1.82) is 0 Å². The van der Waals surface area contributed by atoms with Gasteiger partial charge in [0.2, 0.25) is 5.91 Å². The summed E-state index contributed by atoms with van der Waals surface area (Å²) in [6, 6.07) is 0.305. The predicted octanol–water partition coefficient (Wildman–Crippen LogP) is 1.84. The van der Waals surface area contributed by atoms with E-state index >= 15 is 0 Å². The molecule has 0 spiro atoms. The van der Waals surface area contributed by atoms with Crippen molar-refractivity contribution in [3.05, 3.63) is 0 Å². The third kappa shape index (κ3) is 5.36. The number of ether oxygens (including phenoxy) is 1. The maximum atomic E-state index is 11.8. The fourth-order valence-corrected chi connectivity index (χ4v) is 2.39. The van der Waals surface area contributed by atoms with Crippen molar-refractivity contribution in [3.8, 4) is 0 Å². The minimum absolute atomic E-state index is 0.107. The average Bonchev–Trinajstić information content (AvgIpc) is 2.36. The fourth-order valence-electron chi connectivity index (χ4n) is 2.39. The van der Waals surface area contributed by atoms with E-state index in [1.54, 1.807) is 0 Å². The number of hydrogen-bond acceptors (Lipinski definition) is 3. The highest BCUT2D eigenvalue weighted by molar-refractivity contribution is 5.81. The lowest BCUT2D eigenvalue weighted by atomic mass is 9.99. The molecule has 0 bridgehead atoms. The van der Waals surface area contributed by atoms with Crippen molar-refractivity contribution in [3.63, 3.8) is 0 Å². The van der Waals surface area contributed by atoms with Gasteiger partial charge in [-0.05, 0) is 32.6 Å². The summed E-state index contributed by atoms with van der Waals surface area (Å²) in [7, 11) is 0. The monoisotopic (exact) mass is 256 g/mol. The van der Waals surface area contributed by atoms with Gasteiger partial charge in [0.05, 0.1) is 12.1 Å². The Morgan fingerprint density at radius 2 is 2.17 bits per heavy atom. The molecule has 0 aromatic carbocycles. The first kappa shape index (κ1) is 15.4. The summed E-state index contributed by atoms with van der Waals surface area (Å²) in [6.07, 6.45) is 5.66. The molecule has 1 aliphatic heterocycles. The topological polar surface area (TPSA) is 50.4 Å². The zero-order chi connectivity index (χ0) is 13.4. The molecular weight excluding hydrogens is 228 g/mol. The van der Waals surface area contributed by atoms with Crippen LogP contribution < -0.4 is 10.6 Å². The maximum absolute atomic E-state index is 11.8. The third-order valence-corrected chi connectivity index (χ3v) is 3.41. The Bertz CT molecular complexity index is 244. The van der Waals surface area contributed by atoms with E-state index in [1.807, 2.05) is 6.92 Å². The molecule has 3 unspecified atom stereocenters. The van der Waals surface area contributed by atoms with Crippen molar-refractivity contribution >= 4 is 5.91 Å². The molecule has 1 amide bonds. The first-order valence-electron chi connectivity index (χ1n) is 7.32. The Labute approximate surface area is 111 Å². The zero-order valence-electron chi connectivity index (χ0n) is 12.0. The number of hydrogen-bond donors (Lipinski definition) is 2. The molecule has 4 heteroatoms. The summed E-state index contributed by atoms with van der Waals surface area (Å²) < 4.78 is 5.71. The Morgan fingerprint density at radius 1 is 1.39 bits per heavy atom. The lowest BCUT2D eigenvalue weighted by Crippen LogP contribution is -2.49. The summed E-state index contributed by atoms with van der Waals surface area (Å²) in [6.45, 7) is 7.76. The Kier molecular flexibility index (Phi) is 7.28. The molecule has 3 atom stereocenters. The minimum Gasteiger partial charge on any atom is -0.378 e. The Balaban J connectivity index is 2.29. The fraction of sp³-hybridized carbons (Fsp3) is 0.929. The quantitative estimate of drug-likeness (QED) is 0.731. The summed E-state index contributed by atoms with van der Waals surface area (Å²) in [5, 5.41) is 6.35. The Morgan fingerprint density at radius 3 is 2.83 bits per heavy atom. The van der Waals surface area contributed by atoms with Gasteiger partial charge < -0.3 is 15.4 Å². The number of rotatable bonds is 7. The van der Waals surface area contributed by atoms with Crippen LogP contribution in [-0.2, 0) is 9.53 Å². The van der Waals surface area contributed by atoms with Gasteiger partial charge in [0.15, 0.2) is 0 Å². The molecule has 1 aliphatic rings. The van der Waals surface area contributed by atoms with Gasteiger partial charge in [-0.2, -0.15) is 0 Å². The summed E-state index contributed by atoms with van der Waals surface area (Å²) in [5.74, 6) is 0.107. The molecule has 1 rings (SSSR count). The van der Waals surface area contributed by atoms with E-state index in [0.29, 0.717) is 12.1 Å². The van der Waals surface area contributed by atoms with Gasteiger partial charge in [-0.15, -0.1) is 0 Å². The van der Waals surface area contributed by atoms with Crippen molar-refractivity contribution < 1.29 is 9.53 Å². The number of carbonyl (C=O) groups is 1. The molecule has 2 N–H and O–H groups in total. The molecule has 0 aromatic rings.